The van der Waals surface area contributed by atoms with Gasteiger partial charge in [-0.15, -0.1) is 0 Å². The van der Waals surface area contributed by atoms with Crippen molar-refractivity contribution in [2.24, 2.45) is 5.92 Å². The highest BCUT2D eigenvalue weighted by Crippen LogP contribution is 2.50. The molecule has 1 aliphatic carbocycles. The summed E-state index contributed by atoms with van der Waals surface area (Å²) in [5, 5.41) is 3.50. The molecule has 1 saturated carbocycles. The molecule has 2 heterocycles. The molecule has 2 aliphatic rings. The molecule has 3 rings (SSSR count). The van der Waals surface area contributed by atoms with Crippen LogP contribution in [0.15, 0.2) is 24.5 Å². The first-order valence-corrected chi connectivity index (χ1v) is 6.03. The average Bonchev–Trinajstić information content (AvgIpc) is 2.72. The molecular formula is C13H18N2. The Labute approximate surface area is 91.1 Å². The number of hydrogen-bond acceptors (Lipinski definition) is 2. The van der Waals surface area contributed by atoms with E-state index in [1.807, 2.05) is 12.4 Å². The van der Waals surface area contributed by atoms with Crippen molar-refractivity contribution in [3.05, 3.63) is 30.1 Å². The smallest absolute Gasteiger partial charge is 0.0270 e. The fourth-order valence-corrected chi connectivity index (χ4v) is 3.30. The van der Waals surface area contributed by atoms with Gasteiger partial charge in [-0.25, -0.2) is 0 Å². The van der Waals surface area contributed by atoms with Crippen molar-refractivity contribution in [3.63, 3.8) is 0 Å². The van der Waals surface area contributed by atoms with Gasteiger partial charge in [-0.2, -0.15) is 0 Å². The Morgan fingerprint density at radius 1 is 1.27 bits per heavy atom. The molecule has 2 nitrogen and oxygen atoms in total. The predicted octanol–water partition coefficient (Wildman–Crippen LogP) is 2.11. The number of rotatable bonds is 2. The SMILES string of the molecule is c1cc(C2(C3CCNC3)CCC2)ccn1. The maximum atomic E-state index is 4.13. The van der Waals surface area contributed by atoms with E-state index in [4.69, 9.17) is 0 Å². The minimum absolute atomic E-state index is 0.492. The highest BCUT2D eigenvalue weighted by molar-refractivity contribution is 5.27. The Hall–Kier alpha value is -0.890. The maximum Gasteiger partial charge on any atom is 0.0270 e. The summed E-state index contributed by atoms with van der Waals surface area (Å²) in [5.74, 6) is 0.855. The van der Waals surface area contributed by atoms with Gasteiger partial charge in [0.15, 0.2) is 0 Å². The highest BCUT2D eigenvalue weighted by Gasteiger charge is 2.45. The predicted molar refractivity (Wildman–Crippen MR) is 60.7 cm³/mol. The summed E-state index contributed by atoms with van der Waals surface area (Å²) in [7, 11) is 0. The van der Waals surface area contributed by atoms with Gasteiger partial charge in [0.05, 0.1) is 0 Å². The lowest BCUT2D eigenvalue weighted by Crippen LogP contribution is -2.42. The molecule has 80 valence electrons. The van der Waals surface area contributed by atoms with Crippen molar-refractivity contribution in [2.75, 3.05) is 13.1 Å². The second-order valence-electron chi connectivity index (χ2n) is 4.94. The lowest BCUT2D eigenvalue weighted by atomic mass is 9.57. The van der Waals surface area contributed by atoms with Gasteiger partial charge in [-0.05, 0) is 61.4 Å². The first kappa shape index (κ1) is 9.34. The lowest BCUT2D eigenvalue weighted by molar-refractivity contribution is 0.157. The summed E-state index contributed by atoms with van der Waals surface area (Å²) >= 11 is 0. The third kappa shape index (κ3) is 1.39. The van der Waals surface area contributed by atoms with Crippen LogP contribution in [0.2, 0.25) is 0 Å². The standard InChI is InChI=1S/C13H18N2/c1-5-13(6-1,12-4-9-15-10-12)11-2-7-14-8-3-11/h2-3,7-8,12,15H,1,4-6,9-10H2. The Morgan fingerprint density at radius 3 is 2.60 bits per heavy atom. The summed E-state index contributed by atoms with van der Waals surface area (Å²) < 4.78 is 0. The highest BCUT2D eigenvalue weighted by atomic mass is 14.9. The molecule has 0 amide bonds. The van der Waals surface area contributed by atoms with Gasteiger partial charge >= 0.3 is 0 Å². The second kappa shape index (κ2) is 3.60. The van der Waals surface area contributed by atoms with Gasteiger partial charge in [0.2, 0.25) is 0 Å². The number of hydrogen-bond donors (Lipinski definition) is 1. The molecule has 1 aromatic rings. The van der Waals surface area contributed by atoms with Crippen LogP contribution < -0.4 is 5.32 Å². The maximum absolute atomic E-state index is 4.13. The van der Waals surface area contributed by atoms with Crippen LogP contribution >= 0.6 is 0 Å². The van der Waals surface area contributed by atoms with Crippen LogP contribution in [0.4, 0.5) is 0 Å². The molecule has 1 unspecified atom stereocenters. The van der Waals surface area contributed by atoms with Gasteiger partial charge in [-0.1, -0.05) is 6.42 Å². The van der Waals surface area contributed by atoms with E-state index in [1.165, 1.54) is 44.3 Å². The van der Waals surface area contributed by atoms with Gasteiger partial charge in [0, 0.05) is 12.4 Å². The summed E-state index contributed by atoms with van der Waals surface area (Å²) in [5.41, 5.74) is 2.02. The molecule has 1 saturated heterocycles. The number of pyridine rings is 1. The van der Waals surface area contributed by atoms with E-state index in [0.717, 1.165) is 5.92 Å². The Balaban J connectivity index is 1.92. The minimum atomic E-state index is 0.492. The third-order valence-corrected chi connectivity index (χ3v) is 4.34. The fraction of sp³-hybridized carbons (Fsp3) is 0.615. The van der Waals surface area contributed by atoms with E-state index in [-0.39, 0.29) is 0 Å². The monoisotopic (exact) mass is 202 g/mol. The van der Waals surface area contributed by atoms with Crippen LogP contribution in [0.1, 0.15) is 31.2 Å². The Morgan fingerprint density at radius 2 is 2.07 bits per heavy atom. The van der Waals surface area contributed by atoms with Crippen molar-refractivity contribution in [1.29, 1.82) is 0 Å². The molecule has 1 aromatic heterocycles. The van der Waals surface area contributed by atoms with Crippen LogP contribution in [0, 0.1) is 5.92 Å². The summed E-state index contributed by atoms with van der Waals surface area (Å²) in [4.78, 5) is 4.13. The lowest BCUT2D eigenvalue weighted by Gasteiger charge is -2.47. The molecule has 0 radical (unpaired) electrons. The van der Waals surface area contributed by atoms with Crippen LogP contribution in [-0.2, 0) is 5.41 Å². The van der Waals surface area contributed by atoms with E-state index in [1.54, 1.807) is 0 Å². The Kier molecular flexibility index (Phi) is 2.24. The molecule has 0 bridgehead atoms. The van der Waals surface area contributed by atoms with Gasteiger partial charge in [0.1, 0.15) is 0 Å². The van der Waals surface area contributed by atoms with E-state index < -0.39 is 0 Å². The van der Waals surface area contributed by atoms with Crippen LogP contribution in [-0.4, -0.2) is 18.1 Å². The summed E-state index contributed by atoms with van der Waals surface area (Å²) in [6.07, 6.45) is 9.39. The van der Waals surface area contributed by atoms with E-state index in [2.05, 4.69) is 22.4 Å². The average molecular weight is 202 g/mol. The number of aromatic nitrogens is 1. The molecule has 15 heavy (non-hydrogen) atoms. The summed E-state index contributed by atoms with van der Waals surface area (Å²) in [6.45, 7) is 2.42. The molecule has 0 spiro atoms. The molecule has 0 aromatic carbocycles. The first-order chi connectivity index (χ1) is 7.42. The van der Waals surface area contributed by atoms with Crippen molar-refractivity contribution in [3.8, 4) is 0 Å². The Bertz CT molecular complexity index is 324. The van der Waals surface area contributed by atoms with E-state index >= 15 is 0 Å². The zero-order valence-corrected chi connectivity index (χ0v) is 9.08. The zero-order valence-electron chi connectivity index (χ0n) is 9.08. The topological polar surface area (TPSA) is 24.9 Å². The van der Waals surface area contributed by atoms with Gasteiger partial charge in [-0.3, -0.25) is 4.98 Å². The van der Waals surface area contributed by atoms with Gasteiger partial charge in [0.25, 0.3) is 0 Å². The fourth-order valence-electron chi connectivity index (χ4n) is 3.30. The second-order valence-corrected chi connectivity index (χ2v) is 4.94. The first-order valence-electron chi connectivity index (χ1n) is 6.03. The quantitative estimate of drug-likeness (QED) is 0.794. The van der Waals surface area contributed by atoms with Crippen LogP contribution in [0.25, 0.3) is 0 Å². The third-order valence-electron chi connectivity index (χ3n) is 4.34. The summed E-state index contributed by atoms with van der Waals surface area (Å²) in [6, 6.07) is 4.44. The zero-order chi connectivity index (χ0) is 10.1. The molecule has 1 N–H and O–H groups in total. The van der Waals surface area contributed by atoms with Crippen molar-refractivity contribution in [1.82, 2.24) is 10.3 Å². The molecule has 1 aliphatic heterocycles. The molecular weight excluding hydrogens is 184 g/mol. The van der Waals surface area contributed by atoms with Crippen LogP contribution in [0.5, 0.6) is 0 Å². The number of nitrogens with one attached hydrogen (secondary N) is 1. The largest absolute Gasteiger partial charge is 0.316 e. The van der Waals surface area contributed by atoms with Crippen molar-refractivity contribution in [2.45, 2.75) is 31.1 Å². The van der Waals surface area contributed by atoms with E-state index in [0.29, 0.717) is 5.41 Å². The van der Waals surface area contributed by atoms with Crippen molar-refractivity contribution < 1.29 is 0 Å². The van der Waals surface area contributed by atoms with Crippen LogP contribution in [0.3, 0.4) is 0 Å². The number of nitrogens with zero attached hydrogens (tertiary/aromatic N) is 1. The van der Waals surface area contributed by atoms with E-state index in [9.17, 15) is 0 Å². The molecule has 2 heteroatoms. The van der Waals surface area contributed by atoms with Crippen molar-refractivity contribution >= 4 is 0 Å². The van der Waals surface area contributed by atoms with Gasteiger partial charge < -0.3 is 5.32 Å². The molecule has 1 atom stereocenters. The molecule has 2 fully saturated rings. The normalized spacial score (nSPS) is 28.7. The minimum Gasteiger partial charge on any atom is -0.316 e.